The SMILES string of the molecule is COc1ccc(C(=O)[C@@H](C)c2ccc(OC)c(OC)c2)cc1OC. The average molecular weight is 330 g/mol. The van der Waals surface area contributed by atoms with E-state index in [1.54, 1.807) is 52.7 Å². The van der Waals surface area contributed by atoms with Crippen molar-refractivity contribution in [3.63, 3.8) is 0 Å². The lowest BCUT2D eigenvalue weighted by Crippen LogP contribution is -2.10. The second kappa shape index (κ2) is 7.73. The highest BCUT2D eigenvalue weighted by molar-refractivity contribution is 6.01. The van der Waals surface area contributed by atoms with Crippen molar-refractivity contribution in [3.8, 4) is 23.0 Å². The van der Waals surface area contributed by atoms with Crippen molar-refractivity contribution in [1.29, 1.82) is 0 Å². The van der Waals surface area contributed by atoms with E-state index >= 15 is 0 Å². The number of rotatable bonds is 7. The van der Waals surface area contributed by atoms with E-state index in [4.69, 9.17) is 18.9 Å². The summed E-state index contributed by atoms with van der Waals surface area (Å²) in [7, 11) is 6.26. The highest BCUT2D eigenvalue weighted by atomic mass is 16.5. The van der Waals surface area contributed by atoms with Crippen LogP contribution in [-0.2, 0) is 0 Å². The summed E-state index contributed by atoms with van der Waals surface area (Å²) in [5.41, 5.74) is 1.42. The van der Waals surface area contributed by atoms with E-state index in [-0.39, 0.29) is 11.7 Å². The van der Waals surface area contributed by atoms with Crippen molar-refractivity contribution in [2.24, 2.45) is 0 Å². The predicted molar refractivity (Wildman–Crippen MR) is 91.8 cm³/mol. The number of carbonyl (C=O) groups excluding carboxylic acids is 1. The molecule has 0 aliphatic carbocycles. The minimum absolute atomic E-state index is 0.0110. The van der Waals surface area contributed by atoms with Crippen molar-refractivity contribution in [2.45, 2.75) is 12.8 Å². The molecule has 0 bridgehead atoms. The molecule has 2 aromatic carbocycles. The minimum Gasteiger partial charge on any atom is -0.493 e. The van der Waals surface area contributed by atoms with Crippen molar-refractivity contribution >= 4 is 5.78 Å². The van der Waals surface area contributed by atoms with Gasteiger partial charge in [-0.05, 0) is 35.9 Å². The number of hydrogen-bond donors (Lipinski definition) is 0. The van der Waals surface area contributed by atoms with Gasteiger partial charge in [-0.15, -0.1) is 0 Å². The van der Waals surface area contributed by atoms with Crippen LogP contribution in [0.3, 0.4) is 0 Å². The molecule has 0 aliphatic heterocycles. The Morgan fingerprint density at radius 3 is 1.79 bits per heavy atom. The second-order valence-electron chi connectivity index (χ2n) is 5.27. The Morgan fingerprint density at radius 2 is 1.25 bits per heavy atom. The van der Waals surface area contributed by atoms with Crippen LogP contribution in [0.4, 0.5) is 0 Å². The van der Waals surface area contributed by atoms with Gasteiger partial charge in [0.15, 0.2) is 28.8 Å². The summed E-state index contributed by atoms with van der Waals surface area (Å²) in [6, 6.07) is 10.6. The van der Waals surface area contributed by atoms with E-state index in [2.05, 4.69) is 0 Å². The molecular weight excluding hydrogens is 308 g/mol. The second-order valence-corrected chi connectivity index (χ2v) is 5.27. The highest BCUT2D eigenvalue weighted by Gasteiger charge is 2.20. The molecule has 2 aromatic rings. The third-order valence-corrected chi connectivity index (χ3v) is 3.97. The zero-order valence-electron chi connectivity index (χ0n) is 14.6. The van der Waals surface area contributed by atoms with Gasteiger partial charge < -0.3 is 18.9 Å². The van der Waals surface area contributed by atoms with Crippen molar-refractivity contribution in [3.05, 3.63) is 47.5 Å². The molecule has 5 heteroatoms. The predicted octanol–water partition coefficient (Wildman–Crippen LogP) is 3.71. The number of carbonyl (C=O) groups is 1. The Hall–Kier alpha value is -2.69. The van der Waals surface area contributed by atoms with Gasteiger partial charge in [-0.2, -0.15) is 0 Å². The molecule has 5 nitrogen and oxygen atoms in total. The number of Topliss-reactive ketones (excluding diaryl/α,β-unsaturated/α-hetero) is 1. The van der Waals surface area contributed by atoms with Crippen LogP contribution < -0.4 is 18.9 Å². The third-order valence-electron chi connectivity index (χ3n) is 3.97. The Balaban J connectivity index is 2.32. The molecular formula is C19H22O5. The first-order valence-corrected chi connectivity index (χ1v) is 7.53. The van der Waals surface area contributed by atoms with E-state index in [1.165, 1.54) is 0 Å². The van der Waals surface area contributed by atoms with E-state index < -0.39 is 0 Å². The van der Waals surface area contributed by atoms with Crippen molar-refractivity contribution in [2.75, 3.05) is 28.4 Å². The first kappa shape index (κ1) is 17.7. The highest BCUT2D eigenvalue weighted by Crippen LogP contribution is 2.33. The molecule has 0 spiro atoms. The van der Waals surface area contributed by atoms with Gasteiger partial charge in [-0.3, -0.25) is 4.79 Å². The molecule has 0 saturated heterocycles. The summed E-state index contributed by atoms with van der Waals surface area (Å²) in [6.07, 6.45) is 0. The Bertz CT molecular complexity index is 724. The smallest absolute Gasteiger partial charge is 0.170 e. The number of ketones is 1. The van der Waals surface area contributed by atoms with E-state index in [0.717, 1.165) is 5.56 Å². The molecule has 0 aliphatic rings. The number of ether oxygens (including phenoxy) is 4. The lowest BCUT2D eigenvalue weighted by molar-refractivity contribution is 0.0965. The number of hydrogen-bond acceptors (Lipinski definition) is 5. The maximum Gasteiger partial charge on any atom is 0.170 e. The number of methoxy groups -OCH3 is 4. The zero-order valence-corrected chi connectivity index (χ0v) is 14.6. The Morgan fingerprint density at radius 1 is 0.750 bits per heavy atom. The van der Waals surface area contributed by atoms with Gasteiger partial charge in [0.2, 0.25) is 0 Å². The molecule has 0 radical (unpaired) electrons. The topological polar surface area (TPSA) is 54.0 Å². The molecule has 0 amide bonds. The van der Waals surface area contributed by atoms with Crippen molar-refractivity contribution in [1.82, 2.24) is 0 Å². The fraction of sp³-hybridized carbons (Fsp3) is 0.316. The van der Waals surface area contributed by atoms with Crippen LogP contribution in [0.15, 0.2) is 36.4 Å². The molecule has 0 aromatic heterocycles. The minimum atomic E-state index is -0.331. The van der Waals surface area contributed by atoms with Gasteiger partial charge in [0.1, 0.15) is 0 Å². The molecule has 24 heavy (non-hydrogen) atoms. The van der Waals surface area contributed by atoms with Crippen LogP contribution in [0.25, 0.3) is 0 Å². The maximum atomic E-state index is 12.8. The van der Waals surface area contributed by atoms with Gasteiger partial charge in [0.05, 0.1) is 28.4 Å². The Kier molecular flexibility index (Phi) is 5.68. The van der Waals surface area contributed by atoms with Crippen LogP contribution in [0.5, 0.6) is 23.0 Å². The van der Waals surface area contributed by atoms with Crippen molar-refractivity contribution < 1.29 is 23.7 Å². The standard InChI is InChI=1S/C19H22O5/c1-12(13-6-8-15(21-2)17(10-13)23-4)19(20)14-7-9-16(22-3)18(11-14)24-5/h6-12H,1-5H3/t12-/m0/s1. The van der Waals surface area contributed by atoms with Gasteiger partial charge in [-0.1, -0.05) is 13.0 Å². The molecule has 1 atom stereocenters. The maximum absolute atomic E-state index is 12.8. The Labute approximate surface area is 142 Å². The van der Waals surface area contributed by atoms with Gasteiger partial charge >= 0.3 is 0 Å². The fourth-order valence-corrected chi connectivity index (χ4v) is 2.51. The quantitative estimate of drug-likeness (QED) is 0.725. The molecule has 2 rings (SSSR count). The molecule has 128 valence electrons. The summed E-state index contributed by atoms with van der Waals surface area (Å²) in [5, 5.41) is 0. The molecule has 0 N–H and O–H groups in total. The van der Waals surface area contributed by atoms with E-state index in [9.17, 15) is 4.79 Å². The molecule has 0 saturated carbocycles. The van der Waals surface area contributed by atoms with Gasteiger partial charge in [0, 0.05) is 11.5 Å². The monoisotopic (exact) mass is 330 g/mol. The van der Waals surface area contributed by atoms with Crippen LogP contribution in [0.1, 0.15) is 28.8 Å². The van der Waals surface area contributed by atoms with Crippen LogP contribution in [0, 0.1) is 0 Å². The molecule has 0 heterocycles. The lowest BCUT2D eigenvalue weighted by Gasteiger charge is -2.15. The average Bonchev–Trinajstić information content (AvgIpc) is 2.65. The van der Waals surface area contributed by atoms with E-state index in [0.29, 0.717) is 28.6 Å². The normalized spacial score (nSPS) is 11.5. The fourth-order valence-electron chi connectivity index (χ4n) is 2.51. The van der Waals surface area contributed by atoms with E-state index in [1.807, 2.05) is 19.1 Å². The summed E-state index contributed by atoms with van der Waals surface area (Å²) in [5.74, 6) is 2.01. The van der Waals surface area contributed by atoms with Gasteiger partial charge in [0.25, 0.3) is 0 Å². The van der Waals surface area contributed by atoms with Crippen LogP contribution >= 0.6 is 0 Å². The molecule has 0 unspecified atom stereocenters. The van der Waals surface area contributed by atoms with Crippen LogP contribution in [0.2, 0.25) is 0 Å². The summed E-state index contributed by atoms with van der Waals surface area (Å²) in [6.45, 7) is 1.86. The first-order chi connectivity index (χ1) is 11.5. The third kappa shape index (κ3) is 3.45. The van der Waals surface area contributed by atoms with Crippen LogP contribution in [-0.4, -0.2) is 34.2 Å². The van der Waals surface area contributed by atoms with Gasteiger partial charge in [-0.25, -0.2) is 0 Å². The first-order valence-electron chi connectivity index (χ1n) is 7.53. The molecule has 0 fully saturated rings. The lowest BCUT2D eigenvalue weighted by atomic mass is 9.92. The zero-order chi connectivity index (χ0) is 17.7. The number of benzene rings is 2. The summed E-state index contributed by atoms with van der Waals surface area (Å²) < 4.78 is 21.0. The largest absolute Gasteiger partial charge is 0.493 e. The summed E-state index contributed by atoms with van der Waals surface area (Å²) in [4.78, 5) is 12.8. The summed E-state index contributed by atoms with van der Waals surface area (Å²) >= 11 is 0.